The predicted molar refractivity (Wildman–Crippen MR) is 62.3 cm³/mol. The van der Waals surface area contributed by atoms with Crippen molar-refractivity contribution in [3.63, 3.8) is 0 Å². The van der Waals surface area contributed by atoms with Crippen LogP contribution in [0.15, 0.2) is 12.1 Å². The van der Waals surface area contributed by atoms with Crippen LogP contribution in [0, 0.1) is 6.92 Å². The van der Waals surface area contributed by atoms with Gasteiger partial charge in [-0.25, -0.2) is 4.79 Å². The minimum absolute atomic E-state index is 0.228. The van der Waals surface area contributed by atoms with E-state index in [2.05, 4.69) is 4.98 Å². The normalized spacial score (nSPS) is 10.7. The number of carbonyl (C=O) groups is 1. The van der Waals surface area contributed by atoms with Crippen LogP contribution in [-0.2, 0) is 4.74 Å². The molecular formula is C12H13NO4. The molecule has 0 unspecified atom stereocenters. The number of aromatic nitrogens is 1. The summed E-state index contributed by atoms with van der Waals surface area (Å²) < 4.78 is 4.94. The Bertz CT molecular complexity index is 586. The van der Waals surface area contributed by atoms with Crippen molar-refractivity contribution >= 4 is 16.9 Å². The molecule has 1 aromatic carbocycles. The van der Waals surface area contributed by atoms with Crippen LogP contribution in [0.4, 0.5) is 0 Å². The monoisotopic (exact) mass is 235 g/mol. The van der Waals surface area contributed by atoms with Crippen LogP contribution < -0.4 is 0 Å². The summed E-state index contributed by atoms with van der Waals surface area (Å²) in [6, 6.07) is 2.72. The van der Waals surface area contributed by atoms with Gasteiger partial charge in [0.2, 0.25) is 0 Å². The molecule has 5 heteroatoms. The first-order chi connectivity index (χ1) is 8.04. The summed E-state index contributed by atoms with van der Waals surface area (Å²) in [4.78, 5) is 14.7. The second kappa shape index (κ2) is 4.01. The Morgan fingerprint density at radius 2 is 2.00 bits per heavy atom. The molecule has 0 fully saturated rings. The van der Waals surface area contributed by atoms with Crippen LogP contribution in [0.1, 0.15) is 23.0 Å². The maximum atomic E-state index is 11.8. The summed E-state index contributed by atoms with van der Waals surface area (Å²) >= 11 is 0. The zero-order valence-corrected chi connectivity index (χ0v) is 9.57. The van der Waals surface area contributed by atoms with Gasteiger partial charge >= 0.3 is 5.97 Å². The third-order valence-electron chi connectivity index (χ3n) is 2.56. The predicted octanol–water partition coefficient (Wildman–Crippen LogP) is 2.06. The Hall–Kier alpha value is -2.17. The van der Waals surface area contributed by atoms with E-state index < -0.39 is 5.97 Å². The molecule has 0 radical (unpaired) electrons. The Morgan fingerprint density at radius 3 is 2.65 bits per heavy atom. The Balaban J connectivity index is 2.66. The number of hydrogen-bond acceptors (Lipinski definition) is 4. The zero-order chi connectivity index (χ0) is 12.6. The lowest BCUT2D eigenvalue weighted by molar-refractivity contribution is 0.0528. The van der Waals surface area contributed by atoms with E-state index in [1.165, 1.54) is 12.1 Å². The lowest BCUT2D eigenvalue weighted by Crippen LogP contribution is -2.05. The summed E-state index contributed by atoms with van der Waals surface area (Å²) in [7, 11) is 0. The molecule has 0 bridgehead atoms. The van der Waals surface area contributed by atoms with E-state index >= 15 is 0 Å². The molecule has 2 rings (SSSR count). The molecule has 3 N–H and O–H groups in total. The number of phenolic OH excluding ortho intramolecular Hbond substituents is 2. The maximum absolute atomic E-state index is 11.8. The first kappa shape index (κ1) is 11.3. The number of carbonyl (C=O) groups excluding carboxylic acids is 1. The minimum Gasteiger partial charge on any atom is -0.504 e. The number of nitrogens with one attached hydrogen (secondary N) is 1. The summed E-state index contributed by atoms with van der Waals surface area (Å²) in [6.45, 7) is 3.75. The van der Waals surface area contributed by atoms with Gasteiger partial charge < -0.3 is 19.9 Å². The highest BCUT2D eigenvalue weighted by Gasteiger charge is 2.18. The summed E-state index contributed by atoms with van der Waals surface area (Å²) in [6.07, 6.45) is 0. The molecule has 0 saturated heterocycles. The van der Waals surface area contributed by atoms with Crippen LogP contribution >= 0.6 is 0 Å². The topological polar surface area (TPSA) is 82.6 Å². The van der Waals surface area contributed by atoms with E-state index in [9.17, 15) is 15.0 Å². The van der Waals surface area contributed by atoms with Gasteiger partial charge in [0.15, 0.2) is 11.5 Å². The third-order valence-corrected chi connectivity index (χ3v) is 2.56. The third kappa shape index (κ3) is 1.80. The highest BCUT2D eigenvalue weighted by Crippen LogP contribution is 2.33. The molecule has 17 heavy (non-hydrogen) atoms. The Kier molecular flexibility index (Phi) is 2.67. The van der Waals surface area contributed by atoms with E-state index in [-0.39, 0.29) is 18.1 Å². The van der Waals surface area contributed by atoms with E-state index in [1.807, 2.05) is 0 Å². The van der Waals surface area contributed by atoms with Crippen LogP contribution in [0.25, 0.3) is 10.9 Å². The minimum atomic E-state index is -0.443. The van der Waals surface area contributed by atoms with Gasteiger partial charge in [-0.15, -0.1) is 0 Å². The van der Waals surface area contributed by atoms with Crippen LogP contribution in [0.5, 0.6) is 11.5 Å². The molecule has 0 aliphatic carbocycles. The number of H-pyrrole nitrogens is 1. The number of rotatable bonds is 2. The largest absolute Gasteiger partial charge is 0.504 e. The molecule has 90 valence electrons. The quantitative estimate of drug-likeness (QED) is 0.549. The average molecular weight is 235 g/mol. The number of esters is 1. The van der Waals surface area contributed by atoms with Gasteiger partial charge in [-0.1, -0.05) is 0 Å². The molecular weight excluding hydrogens is 222 g/mol. The Labute approximate surface area is 97.6 Å². The zero-order valence-electron chi connectivity index (χ0n) is 9.57. The number of aryl methyl sites for hydroxylation is 1. The van der Waals surface area contributed by atoms with E-state index in [0.717, 1.165) is 0 Å². The van der Waals surface area contributed by atoms with Gasteiger partial charge in [0.25, 0.3) is 0 Å². The van der Waals surface area contributed by atoms with E-state index in [0.29, 0.717) is 22.2 Å². The van der Waals surface area contributed by atoms with Crippen molar-refractivity contribution in [3.8, 4) is 11.5 Å². The molecule has 1 heterocycles. The van der Waals surface area contributed by atoms with Crippen molar-refractivity contribution in [3.05, 3.63) is 23.4 Å². The maximum Gasteiger partial charge on any atom is 0.340 e. The lowest BCUT2D eigenvalue weighted by Gasteiger charge is -2.02. The SMILES string of the molecule is CCOC(=O)c1c(C)[nH]c2cc(O)c(O)cc12. The lowest BCUT2D eigenvalue weighted by atomic mass is 10.1. The molecule has 0 spiro atoms. The van der Waals surface area contributed by atoms with Crippen molar-refractivity contribution in [2.24, 2.45) is 0 Å². The summed E-state index contributed by atoms with van der Waals surface area (Å²) in [5, 5.41) is 19.4. The van der Waals surface area contributed by atoms with Gasteiger partial charge in [-0.05, 0) is 19.9 Å². The fourth-order valence-corrected chi connectivity index (χ4v) is 1.82. The first-order valence-corrected chi connectivity index (χ1v) is 5.26. The van der Waals surface area contributed by atoms with Crippen molar-refractivity contribution in [1.82, 2.24) is 4.98 Å². The molecule has 0 aliphatic rings. The van der Waals surface area contributed by atoms with Crippen LogP contribution in [0.3, 0.4) is 0 Å². The van der Waals surface area contributed by atoms with Crippen molar-refractivity contribution in [2.75, 3.05) is 6.61 Å². The molecule has 2 aromatic rings. The number of phenols is 2. The van der Waals surface area contributed by atoms with E-state index in [1.54, 1.807) is 13.8 Å². The van der Waals surface area contributed by atoms with Crippen molar-refractivity contribution < 1.29 is 19.7 Å². The molecule has 1 aromatic heterocycles. The second-order valence-corrected chi connectivity index (χ2v) is 3.73. The van der Waals surface area contributed by atoms with Gasteiger partial charge in [0, 0.05) is 17.1 Å². The molecule has 0 saturated carbocycles. The number of benzene rings is 1. The van der Waals surface area contributed by atoms with Gasteiger partial charge in [-0.3, -0.25) is 0 Å². The second-order valence-electron chi connectivity index (χ2n) is 3.73. The highest BCUT2D eigenvalue weighted by molar-refractivity contribution is 6.06. The van der Waals surface area contributed by atoms with Crippen molar-refractivity contribution in [1.29, 1.82) is 0 Å². The average Bonchev–Trinajstić information content (AvgIpc) is 2.55. The van der Waals surface area contributed by atoms with Crippen LogP contribution in [0.2, 0.25) is 0 Å². The van der Waals surface area contributed by atoms with Crippen LogP contribution in [-0.4, -0.2) is 27.8 Å². The van der Waals surface area contributed by atoms with Gasteiger partial charge in [-0.2, -0.15) is 0 Å². The van der Waals surface area contributed by atoms with E-state index in [4.69, 9.17) is 4.74 Å². The van der Waals surface area contributed by atoms with Crippen molar-refractivity contribution in [2.45, 2.75) is 13.8 Å². The molecule has 0 atom stereocenters. The fraction of sp³-hybridized carbons (Fsp3) is 0.250. The smallest absolute Gasteiger partial charge is 0.340 e. The van der Waals surface area contributed by atoms with Gasteiger partial charge in [0.05, 0.1) is 17.7 Å². The highest BCUT2D eigenvalue weighted by atomic mass is 16.5. The summed E-state index contributed by atoms with van der Waals surface area (Å²) in [5.41, 5.74) is 1.61. The number of fused-ring (bicyclic) bond motifs is 1. The standard InChI is InChI=1S/C12H13NO4/c1-3-17-12(16)11-6(2)13-8-5-10(15)9(14)4-7(8)11/h4-5,13-15H,3H2,1-2H3. The number of aromatic hydroxyl groups is 2. The number of ether oxygens (including phenoxy) is 1. The number of hydrogen-bond donors (Lipinski definition) is 3. The molecule has 0 amide bonds. The summed E-state index contributed by atoms with van der Waals surface area (Å²) in [5.74, 6) is -0.933. The number of aromatic amines is 1. The Morgan fingerprint density at radius 1 is 1.35 bits per heavy atom. The van der Waals surface area contributed by atoms with Gasteiger partial charge in [0.1, 0.15) is 0 Å². The fourth-order valence-electron chi connectivity index (χ4n) is 1.82. The molecule has 5 nitrogen and oxygen atoms in total. The molecule has 0 aliphatic heterocycles. The first-order valence-electron chi connectivity index (χ1n) is 5.26.